The summed E-state index contributed by atoms with van der Waals surface area (Å²) in [5.41, 5.74) is 0.117. The molecular formula is C13H18ClNO3S. The third-order valence-electron chi connectivity index (χ3n) is 3.59. The summed E-state index contributed by atoms with van der Waals surface area (Å²) in [5.74, 6) is 0. The van der Waals surface area contributed by atoms with Crippen LogP contribution in [0.1, 0.15) is 24.8 Å². The Hall–Kier alpha value is -0.620. The number of rotatable bonds is 5. The van der Waals surface area contributed by atoms with E-state index >= 15 is 0 Å². The van der Waals surface area contributed by atoms with Crippen LogP contribution in [-0.2, 0) is 14.8 Å². The van der Waals surface area contributed by atoms with Crippen LogP contribution in [0.25, 0.3) is 0 Å². The summed E-state index contributed by atoms with van der Waals surface area (Å²) in [6.07, 6.45) is 2.62. The largest absolute Gasteiger partial charge is 0.383 e. The highest BCUT2D eigenvalue weighted by Crippen LogP contribution is 2.34. The molecule has 0 unspecified atom stereocenters. The van der Waals surface area contributed by atoms with Crippen molar-refractivity contribution < 1.29 is 13.2 Å². The number of hydrogen-bond acceptors (Lipinski definition) is 3. The van der Waals surface area contributed by atoms with Gasteiger partial charge in [0.25, 0.3) is 0 Å². The van der Waals surface area contributed by atoms with Crippen LogP contribution < -0.4 is 4.72 Å². The Morgan fingerprint density at radius 1 is 1.42 bits per heavy atom. The Morgan fingerprint density at radius 3 is 2.63 bits per heavy atom. The quantitative estimate of drug-likeness (QED) is 0.909. The summed E-state index contributed by atoms with van der Waals surface area (Å²) in [4.78, 5) is 0.238. The molecule has 1 N–H and O–H groups in total. The molecule has 1 aromatic carbocycles. The first-order valence-electron chi connectivity index (χ1n) is 6.18. The maximum atomic E-state index is 12.5. The molecule has 6 heteroatoms. The molecule has 1 aliphatic carbocycles. The molecule has 0 aromatic heterocycles. The molecular weight excluding hydrogens is 286 g/mol. The highest BCUT2D eigenvalue weighted by molar-refractivity contribution is 7.89. The van der Waals surface area contributed by atoms with Gasteiger partial charge in [0.2, 0.25) is 10.0 Å². The molecule has 2 rings (SSSR count). The van der Waals surface area contributed by atoms with E-state index in [1.807, 2.05) is 0 Å². The number of ether oxygens (including phenoxy) is 1. The predicted molar refractivity (Wildman–Crippen MR) is 75.0 cm³/mol. The second kappa shape index (κ2) is 5.40. The molecule has 1 saturated carbocycles. The van der Waals surface area contributed by atoms with Crippen LogP contribution in [-0.4, -0.2) is 27.7 Å². The zero-order valence-corrected chi connectivity index (χ0v) is 12.6. The molecule has 19 heavy (non-hydrogen) atoms. The molecule has 0 amide bonds. The van der Waals surface area contributed by atoms with Gasteiger partial charge in [0.1, 0.15) is 0 Å². The maximum absolute atomic E-state index is 12.5. The van der Waals surface area contributed by atoms with E-state index in [9.17, 15) is 8.42 Å². The molecule has 0 radical (unpaired) electrons. The Labute approximate surface area is 119 Å². The first-order valence-corrected chi connectivity index (χ1v) is 8.04. The fourth-order valence-electron chi connectivity index (χ4n) is 2.37. The van der Waals surface area contributed by atoms with E-state index in [2.05, 4.69) is 4.72 Å². The van der Waals surface area contributed by atoms with E-state index in [-0.39, 0.29) is 4.90 Å². The average Bonchev–Trinajstić information content (AvgIpc) is 2.29. The van der Waals surface area contributed by atoms with E-state index in [4.69, 9.17) is 16.3 Å². The molecule has 106 valence electrons. The molecule has 0 heterocycles. The molecule has 1 fully saturated rings. The van der Waals surface area contributed by atoms with Gasteiger partial charge in [-0.15, -0.1) is 0 Å². The molecule has 0 aliphatic heterocycles. The molecule has 0 spiro atoms. The maximum Gasteiger partial charge on any atom is 0.241 e. The fraction of sp³-hybridized carbons (Fsp3) is 0.538. The standard InChI is InChI=1S/C13H18ClNO3S/c1-10-11(14)5-3-6-12(10)19(16,17)15-13(9-18-2)7-4-8-13/h3,5-6,15H,4,7-9H2,1-2H3. The first-order chi connectivity index (χ1) is 8.90. The first kappa shape index (κ1) is 14.8. The van der Waals surface area contributed by atoms with Gasteiger partial charge in [-0.3, -0.25) is 0 Å². The van der Waals surface area contributed by atoms with Gasteiger partial charge in [-0.25, -0.2) is 13.1 Å². The van der Waals surface area contributed by atoms with Crippen LogP contribution in [0.3, 0.4) is 0 Å². The summed E-state index contributed by atoms with van der Waals surface area (Å²) < 4.78 is 32.8. The van der Waals surface area contributed by atoms with E-state index in [1.54, 1.807) is 32.2 Å². The zero-order valence-electron chi connectivity index (χ0n) is 11.1. The van der Waals surface area contributed by atoms with Crippen molar-refractivity contribution in [1.82, 2.24) is 4.72 Å². The van der Waals surface area contributed by atoms with E-state index in [0.717, 1.165) is 19.3 Å². The minimum Gasteiger partial charge on any atom is -0.383 e. The molecule has 0 atom stereocenters. The third-order valence-corrected chi connectivity index (χ3v) is 5.72. The van der Waals surface area contributed by atoms with Crippen LogP contribution in [0.5, 0.6) is 0 Å². The van der Waals surface area contributed by atoms with Gasteiger partial charge < -0.3 is 4.74 Å². The lowest BCUT2D eigenvalue weighted by molar-refractivity contribution is 0.0729. The summed E-state index contributed by atoms with van der Waals surface area (Å²) in [6.45, 7) is 2.10. The number of sulfonamides is 1. The highest BCUT2D eigenvalue weighted by Gasteiger charge is 2.41. The van der Waals surface area contributed by atoms with E-state index in [1.165, 1.54) is 0 Å². The predicted octanol–water partition coefficient (Wildman–Crippen LogP) is 2.50. The number of hydrogen-bond donors (Lipinski definition) is 1. The van der Waals surface area contributed by atoms with Gasteiger partial charge in [-0.2, -0.15) is 0 Å². The fourth-order valence-corrected chi connectivity index (χ4v) is 4.32. The number of halogens is 1. The lowest BCUT2D eigenvalue weighted by Gasteiger charge is -2.41. The molecule has 0 bridgehead atoms. The number of benzene rings is 1. The van der Waals surface area contributed by atoms with Crippen molar-refractivity contribution >= 4 is 21.6 Å². The smallest absolute Gasteiger partial charge is 0.241 e. The van der Waals surface area contributed by atoms with Gasteiger partial charge in [0, 0.05) is 12.1 Å². The van der Waals surface area contributed by atoms with Crippen molar-refractivity contribution in [3.05, 3.63) is 28.8 Å². The van der Waals surface area contributed by atoms with Gasteiger partial charge in [-0.1, -0.05) is 17.7 Å². The van der Waals surface area contributed by atoms with Crippen LogP contribution in [0, 0.1) is 6.92 Å². The van der Waals surface area contributed by atoms with Crippen LogP contribution in [0.15, 0.2) is 23.1 Å². The van der Waals surface area contributed by atoms with E-state index in [0.29, 0.717) is 17.2 Å². The highest BCUT2D eigenvalue weighted by atomic mass is 35.5. The van der Waals surface area contributed by atoms with Crippen molar-refractivity contribution in [1.29, 1.82) is 0 Å². The van der Waals surface area contributed by atoms with Crippen molar-refractivity contribution in [3.63, 3.8) is 0 Å². The molecule has 1 aromatic rings. The minimum absolute atomic E-state index is 0.238. The number of nitrogens with one attached hydrogen (secondary N) is 1. The zero-order chi connectivity index (χ0) is 14.1. The Balaban J connectivity index is 2.30. The second-order valence-electron chi connectivity index (χ2n) is 5.04. The minimum atomic E-state index is -3.57. The van der Waals surface area contributed by atoms with Crippen LogP contribution >= 0.6 is 11.6 Å². The SMILES string of the molecule is COCC1(NS(=O)(=O)c2cccc(Cl)c2C)CCC1. The average molecular weight is 304 g/mol. The molecule has 4 nitrogen and oxygen atoms in total. The molecule has 1 aliphatic rings. The van der Waals surface area contributed by atoms with Crippen molar-refractivity contribution in [2.75, 3.05) is 13.7 Å². The third kappa shape index (κ3) is 2.94. The summed E-state index contributed by atoms with van der Waals surface area (Å²) in [6, 6.07) is 4.90. The monoisotopic (exact) mass is 303 g/mol. The summed E-state index contributed by atoms with van der Waals surface area (Å²) >= 11 is 5.98. The van der Waals surface area contributed by atoms with Gasteiger partial charge in [-0.05, 0) is 43.9 Å². The van der Waals surface area contributed by atoms with Crippen LogP contribution in [0.4, 0.5) is 0 Å². The van der Waals surface area contributed by atoms with Crippen molar-refractivity contribution in [2.45, 2.75) is 36.6 Å². The summed E-state index contributed by atoms with van der Waals surface area (Å²) in [7, 11) is -1.99. The van der Waals surface area contributed by atoms with Crippen molar-refractivity contribution in [3.8, 4) is 0 Å². The summed E-state index contributed by atoms with van der Waals surface area (Å²) in [5, 5.41) is 0.456. The second-order valence-corrected chi connectivity index (χ2v) is 7.09. The molecule has 0 saturated heterocycles. The Morgan fingerprint density at radius 2 is 2.11 bits per heavy atom. The van der Waals surface area contributed by atoms with Crippen LogP contribution in [0.2, 0.25) is 5.02 Å². The number of methoxy groups -OCH3 is 1. The van der Waals surface area contributed by atoms with Gasteiger partial charge in [0.05, 0.1) is 17.0 Å². The van der Waals surface area contributed by atoms with Crippen molar-refractivity contribution in [2.24, 2.45) is 0 Å². The lowest BCUT2D eigenvalue weighted by atomic mass is 9.78. The lowest BCUT2D eigenvalue weighted by Crippen LogP contribution is -2.56. The normalized spacial score (nSPS) is 18.1. The Kier molecular flexibility index (Phi) is 4.20. The Bertz CT molecular complexity index is 567. The van der Waals surface area contributed by atoms with Gasteiger partial charge >= 0.3 is 0 Å². The van der Waals surface area contributed by atoms with E-state index < -0.39 is 15.6 Å². The topological polar surface area (TPSA) is 55.4 Å². The van der Waals surface area contributed by atoms with Gasteiger partial charge in [0.15, 0.2) is 0 Å².